The number of thiol groups is 1. The molecule has 1 saturated carbocycles. The fourth-order valence-electron chi connectivity index (χ4n) is 2.23. The predicted molar refractivity (Wildman–Crippen MR) is 91.6 cm³/mol. The van der Waals surface area contributed by atoms with Gasteiger partial charge in [0.05, 0.1) is 0 Å². The lowest BCUT2D eigenvalue weighted by molar-refractivity contribution is -0.124. The van der Waals surface area contributed by atoms with Crippen LogP contribution in [0.4, 0.5) is 13.2 Å². The molecule has 0 aromatic carbocycles. The maximum atomic E-state index is 11.7. The molecule has 11 heteroatoms. The van der Waals surface area contributed by atoms with Crippen molar-refractivity contribution in [3.8, 4) is 0 Å². The zero-order valence-electron chi connectivity index (χ0n) is 12.8. The van der Waals surface area contributed by atoms with Crippen molar-refractivity contribution in [3.63, 3.8) is 0 Å². The van der Waals surface area contributed by atoms with Crippen molar-refractivity contribution in [1.29, 1.82) is 0 Å². The van der Waals surface area contributed by atoms with Gasteiger partial charge in [-0.1, -0.05) is 12.8 Å². The molecule has 1 aliphatic carbocycles. The van der Waals surface area contributed by atoms with E-state index in [0.717, 1.165) is 38.5 Å². The molecule has 3 unspecified atom stereocenters. The molecule has 144 valence electrons. The minimum Gasteiger partial charge on any atom is -0.299 e. The molecule has 1 fully saturated rings. The van der Waals surface area contributed by atoms with Gasteiger partial charge in [-0.25, -0.2) is 0 Å². The van der Waals surface area contributed by atoms with Gasteiger partial charge in [-0.3, -0.25) is 9.35 Å². The van der Waals surface area contributed by atoms with Gasteiger partial charge in [0.25, 0.3) is 0 Å². The highest BCUT2D eigenvalue weighted by Crippen LogP contribution is 2.31. The number of carbonyl (C=O) groups excluding carboxylic acids is 1. The molecule has 0 spiro atoms. The lowest BCUT2D eigenvalue weighted by Crippen LogP contribution is -2.33. The van der Waals surface area contributed by atoms with E-state index in [1.807, 2.05) is 0 Å². The first-order valence-electron chi connectivity index (χ1n) is 7.36. The van der Waals surface area contributed by atoms with Gasteiger partial charge >= 0.3 is 15.6 Å². The van der Waals surface area contributed by atoms with Gasteiger partial charge in [0.15, 0.2) is 0 Å². The Kier molecular flexibility index (Phi) is 11.2. The third-order valence-corrected chi connectivity index (χ3v) is 5.78. The number of hydrogen-bond donors (Lipinski definition) is 2. The van der Waals surface area contributed by atoms with Gasteiger partial charge in [-0.05, 0) is 25.7 Å². The first-order valence-corrected chi connectivity index (χ1v) is 10.3. The van der Waals surface area contributed by atoms with Gasteiger partial charge < -0.3 is 0 Å². The minimum absolute atomic E-state index is 0.00130. The Morgan fingerprint density at radius 2 is 1.83 bits per heavy atom. The van der Waals surface area contributed by atoms with Crippen LogP contribution in [0.1, 0.15) is 44.9 Å². The third-order valence-electron chi connectivity index (χ3n) is 3.54. The number of alkyl halides is 5. The zero-order valence-corrected chi connectivity index (χ0v) is 16.0. The van der Waals surface area contributed by atoms with Gasteiger partial charge in [0.1, 0.15) is 5.78 Å². The Labute approximate surface area is 155 Å². The van der Waals surface area contributed by atoms with Crippen LogP contribution < -0.4 is 0 Å². The first kappa shape index (κ1) is 24.3. The zero-order chi connectivity index (χ0) is 19.0. The van der Waals surface area contributed by atoms with Crippen LogP contribution in [0.5, 0.6) is 0 Å². The minimum atomic E-state index is -5.84. The molecular formula is C13H21Cl2F3O4S2. The molecule has 3 atom stereocenters. The van der Waals surface area contributed by atoms with E-state index in [1.165, 1.54) is 0 Å². The van der Waals surface area contributed by atoms with E-state index in [0.29, 0.717) is 18.1 Å². The molecule has 0 radical (unpaired) electrons. The summed E-state index contributed by atoms with van der Waals surface area (Å²) in [5, 5.41) is 0.0170. The molecule has 0 amide bonds. The maximum Gasteiger partial charge on any atom is 0.522 e. The van der Waals surface area contributed by atoms with Crippen LogP contribution in [0.15, 0.2) is 0 Å². The van der Waals surface area contributed by atoms with Crippen molar-refractivity contribution >= 4 is 51.7 Å². The summed E-state index contributed by atoms with van der Waals surface area (Å²) < 4.78 is 57.5. The molecule has 1 rings (SSSR count). The highest BCUT2D eigenvalue weighted by atomic mass is 35.5. The highest BCUT2D eigenvalue weighted by molar-refractivity contribution is 7.86. The summed E-state index contributed by atoms with van der Waals surface area (Å²) in [6.07, 6.45) is 6.78. The van der Waals surface area contributed by atoms with E-state index < -0.39 is 15.6 Å². The van der Waals surface area contributed by atoms with Crippen molar-refractivity contribution < 1.29 is 30.9 Å². The quantitative estimate of drug-likeness (QED) is 0.213. The number of unbranched alkanes of at least 4 members (excludes halogenated alkanes) is 1. The number of carbonyl (C=O) groups is 1. The molecule has 24 heavy (non-hydrogen) atoms. The summed E-state index contributed by atoms with van der Waals surface area (Å²) in [6.45, 7) is 0. The smallest absolute Gasteiger partial charge is 0.299 e. The summed E-state index contributed by atoms with van der Waals surface area (Å²) in [5.41, 5.74) is -5.53. The molecule has 0 aliphatic heterocycles. The normalized spacial score (nSPS) is 21.6. The largest absolute Gasteiger partial charge is 0.522 e. The van der Waals surface area contributed by atoms with E-state index in [9.17, 15) is 18.0 Å². The Hall–Kier alpha value is 0.300. The van der Waals surface area contributed by atoms with Crippen molar-refractivity contribution in [2.24, 2.45) is 5.92 Å². The van der Waals surface area contributed by atoms with E-state index in [4.69, 9.17) is 36.2 Å². The number of ketones is 1. The van der Waals surface area contributed by atoms with Crippen molar-refractivity contribution in [2.75, 3.05) is 5.88 Å². The predicted octanol–water partition coefficient (Wildman–Crippen LogP) is 4.45. The van der Waals surface area contributed by atoms with Gasteiger partial charge in [0.2, 0.25) is 0 Å². The molecule has 0 aromatic rings. The summed E-state index contributed by atoms with van der Waals surface area (Å²) in [6, 6.07) is 0. The molecule has 1 N–H and O–H groups in total. The molecule has 0 bridgehead atoms. The first-order chi connectivity index (χ1) is 10.9. The monoisotopic (exact) mass is 432 g/mol. The van der Waals surface area contributed by atoms with E-state index in [1.54, 1.807) is 0 Å². The van der Waals surface area contributed by atoms with Crippen LogP contribution in [0.3, 0.4) is 0 Å². The van der Waals surface area contributed by atoms with Crippen LogP contribution in [0.25, 0.3) is 0 Å². The number of hydrogen-bond acceptors (Lipinski definition) is 4. The van der Waals surface area contributed by atoms with Crippen LogP contribution in [0, 0.1) is 5.92 Å². The van der Waals surface area contributed by atoms with Gasteiger partial charge in [-0.2, -0.15) is 34.2 Å². The lowest BCUT2D eigenvalue weighted by Gasteiger charge is -2.28. The van der Waals surface area contributed by atoms with Crippen LogP contribution >= 0.6 is 35.8 Å². The highest BCUT2D eigenvalue weighted by Gasteiger charge is 2.44. The Morgan fingerprint density at radius 1 is 1.29 bits per heavy atom. The second-order valence-corrected chi connectivity index (χ2v) is 8.38. The Bertz CT molecular complexity index is 486. The summed E-state index contributed by atoms with van der Waals surface area (Å²) >= 11 is 16.5. The fourth-order valence-corrected chi connectivity index (χ4v) is 3.21. The summed E-state index contributed by atoms with van der Waals surface area (Å²) in [7, 11) is -5.84. The van der Waals surface area contributed by atoms with E-state index >= 15 is 0 Å². The van der Waals surface area contributed by atoms with E-state index in [-0.39, 0.29) is 16.5 Å². The number of Topliss-reactive ketones (excluding diaryl/α,β-unsaturated/α-hetero) is 1. The lowest BCUT2D eigenvalue weighted by atomic mass is 9.84. The van der Waals surface area contributed by atoms with Crippen molar-refractivity contribution in [1.82, 2.24) is 0 Å². The Balaban J connectivity index is 0.000000561. The molecule has 0 aromatic heterocycles. The molecule has 4 nitrogen and oxygen atoms in total. The number of rotatable bonds is 6. The third kappa shape index (κ3) is 9.12. The van der Waals surface area contributed by atoms with Crippen LogP contribution in [-0.4, -0.2) is 40.8 Å². The average molecular weight is 433 g/mol. The summed E-state index contributed by atoms with van der Waals surface area (Å²) in [5.74, 6) is 1.12. The Morgan fingerprint density at radius 3 is 2.25 bits per heavy atom. The second-order valence-electron chi connectivity index (χ2n) is 5.43. The average Bonchev–Trinajstić information content (AvgIpc) is 2.45. The fraction of sp³-hybridized carbons (Fsp3) is 0.923. The van der Waals surface area contributed by atoms with Crippen LogP contribution in [-0.2, 0) is 14.9 Å². The SMILES string of the molecule is O=C1CCCCC1C(S)C(Cl)CCCCCl.O=S(=O)(O)C(F)(F)F. The topological polar surface area (TPSA) is 71.4 Å². The second kappa shape index (κ2) is 11.1. The van der Waals surface area contributed by atoms with Gasteiger partial charge in [0, 0.05) is 28.8 Å². The number of halogens is 5. The molecule has 1 aliphatic rings. The molecular weight excluding hydrogens is 412 g/mol. The van der Waals surface area contributed by atoms with Crippen LogP contribution in [0.2, 0.25) is 0 Å². The van der Waals surface area contributed by atoms with Crippen molar-refractivity contribution in [2.45, 2.75) is 61.1 Å². The molecule has 0 heterocycles. The van der Waals surface area contributed by atoms with E-state index in [2.05, 4.69) is 12.6 Å². The standard InChI is InChI=1S/C12H20Cl2OS.CHF3O3S/c13-8-4-3-6-10(14)12(16)9-5-1-2-7-11(9)15;2-1(3,4)8(5,6)7/h9-10,12,16H,1-8H2;(H,5,6,7). The maximum absolute atomic E-state index is 11.7. The summed E-state index contributed by atoms with van der Waals surface area (Å²) in [4.78, 5) is 11.7. The molecule has 0 saturated heterocycles. The van der Waals surface area contributed by atoms with Crippen molar-refractivity contribution in [3.05, 3.63) is 0 Å². The van der Waals surface area contributed by atoms with Gasteiger partial charge in [-0.15, -0.1) is 23.2 Å².